The number of fused-ring (bicyclic) bond motifs is 1. The summed E-state index contributed by atoms with van der Waals surface area (Å²) < 4.78 is 0. The highest BCUT2D eigenvalue weighted by Crippen LogP contribution is 2.35. The Morgan fingerprint density at radius 2 is 2.00 bits per heavy atom. The average Bonchev–Trinajstić information content (AvgIpc) is 3.22. The molecule has 27 heavy (non-hydrogen) atoms. The molecule has 1 amide bonds. The molecule has 0 bridgehead atoms. The van der Waals surface area contributed by atoms with Gasteiger partial charge in [0.1, 0.15) is 0 Å². The van der Waals surface area contributed by atoms with Gasteiger partial charge < -0.3 is 20.9 Å². The molecule has 0 aliphatic carbocycles. The fourth-order valence-corrected chi connectivity index (χ4v) is 2.86. The maximum atomic E-state index is 12.3. The molecule has 1 saturated heterocycles. The van der Waals surface area contributed by atoms with Crippen LogP contribution in [0.4, 0.5) is 5.69 Å². The largest absolute Gasteiger partial charge is 0.352 e. The molecule has 1 aliphatic rings. The number of rotatable bonds is 5. The number of aromatic nitrogens is 1. The number of nitrogens with zero attached hydrogens (tertiary/aromatic N) is 1. The van der Waals surface area contributed by atoms with Crippen LogP contribution in [0.15, 0.2) is 24.3 Å². The number of benzene rings is 1. The third-order valence-corrected chi connectivity index (χ3v) is 4.48. The lowest BCUT2D eigenvalue weighted by atomic mass is 9.92. The topological polar surface area (TPSA) is 91.2 Å². The minimum atomic E-state index is -0.277. The van der Waals surface area contributed by atoms with E-state index in [-0.39, 0.29) is 11.3 Å². The molecule has 2 aromatic rings. The number of amides is 1. The van der Waals surface area contributed by atoms with Crippen molar-refractivity contribution in [2.75, 3.05) is 31.6 Å². The van der Waals surface area contributed by atoms with Gasteiger partial charge in [-0.2, -0.15) is 0 Å². The summed E-state index contributed by atoms with van der Waals surface area (Å²) >= 11 is 0. The lowest BCUT2D eigenvalue weighted by molar-refractivity contribution is -0.123. The molecule has 6 nitrogen and oxygen atoms in total. The summed E-state index contributed by atoms with van der Waals surface area (Å²) in [6, 6.07) is 7.60. The van der Waals surface area contributed by atoms with E-state index in [1.165, 1.54) is 0 Å². The predicted octanol–water partition coefficient (Wildman–Crippen LogP) is 3.32. The van der Waals surface area contributed by atoms with E-state index >= 15 is 0 Å². The number of carbonyl (C=O) groups is 2. The zero-order chi connectivity index (χ0) is 20.4. The third-order valence-electron chi connectivity index (χ3n) is 4.48. The van der Waals surface area contributed by atoms with Crippen LogP contribution < -0.4 is 16.0 Å². The number of hydrogen-bond acceptors (Lipinski definition) is 4. The number of anilines is 1. The number of aromatic amines is 1. The van der Waals surface area contributed by atoms with E-state index in [4.69, 9.17) is 5.73 Å². The van der Waals surface area contributed by atoms with E-state index < -0.39 is 0 Å². The molecule has 0 saturated carbocycles. The molecule has 2 heterocycles. The summed E-state index contributed by atoms with van der Waals surface area (Å²) in [5, 5.41) is 3.94. The van der Waals surface area contributed by atoms with Gasteiger partial charge in [0.2, 0.25) is 5.91 Å². The lowest BCUT2D eigenvalue weighted by Gasteiger charge is -2.19. The number of H-pyrrole nitrogens is 1. The van der Waals surface area contributed by atoms with E-state index in [2.05, 4.69) is 10.3 Å². The Balaban J connectivity index is 0.000000392. The highest BCUT2D eigenvalue weighted by Gasteiger charge is 2.39. The molecule has 1 fully saturated rings. The van der Waals surface area contributed by atoms with E-state index in [1.807, 2.05) is 57.8 Å². The SMILES string of the molecule is CC.CC1(C)CCN(c2ccc3[nH]c(C=O)cc3c2)C1=O.CNCCCN. The van der Waals surface area contributed by atoms with Crippen LogP contribution in [0.5, 0.6) is 0 Å². The van der Waals surface area contributed by atoms with Crippen molar-refractivity contribution in [1.29, 1.82) is 0 Å². The molecule has 1 aliphatic heterocycles. The molecule has 0 radical (unpaired) electrons. The zero-order valence-electron chi connectivity index (χ0n) is 17.3. The standard InChI is InChI=1S/C15H16N2O2.C4H12N2.C2H6/c1-15(2)5-6-17(14(15)19)12-3-4-13-10(8-12)7-11(9-18)16-13;1-6-4-2-3-5;1-2/h3-4,7-9,16H,5-6H2,1-2H3;6H,2-5H2,1H3;1-2H3. The van der Waals surface area contributed by atoms with E-state index in [1.54, 1.807) is 6.07 Å². The maximum absolute atomic E-state index is 12.3. The van der Waals surface area contributed by atoms with Gasteiger partial charge in [-0.15, -0.1) is 0 Å². The fourth-order valence-electron chi connectivity index (χ4n) is 2.86. The van der Waals surface area contributed by atoms with Gasteiger partial charge in [-0.25, -0.2) is 0 Å². The zero-order valence-corrected chi connectivity index (χ0v) is 17.3. The molecule has 150 valence electrons. The van der Waals surface area contributed by atoms with Gasteiger partial charge in [0.05, 0.1) is 5.69 Å². The average molecular weight is 375 g/mol. The van der Waals surface area contributed by atoms with Gasteiger partial charge in [0.15, 0.2) is 6.29 Å². The highest BCUT2D eigenvalue weighted by molar-refractivity contribution is 6.01. The van der Waals surface area contributed by atoms with Crippen molar-refractivity contribution in [3.8, 4) is 0 Å². The first-order chi connectivity index (χ1) is 12.9. The Bertz CT molecular complexity index is 733. The Morgan fingerprint density at radius 1 is 1.30 bits per heavy atom. The summed E-state index contributed by atoms with van der Waals surface area (Å²) in [5.41, 5.74) is 7.27. The summed E-state index contributed by atoms with van der Waals surface area (Å²) in [4.78, 5) is 27.9. The molecule has 1 aromatic carbocycles. The first-order valence-electron chi connectivity index (χ1n) is 9.67. The molecule has 0 atom stereocenters. The minimum Gasteiger partial charge on any atom is -0.352 e. The quantitative estimate of drug-likeness (QED) is 0.553. The number of hydrogen-bond donors (Lipinski definition) is 3. The Labute approximate surface area is 162 Å². The number of nitrogens with one attached hydrogen (secondary N) is 2. The Morgan fingerprint density at radius 3 is 2.48 bits per heavy atom. The van der Waals surface area contributed by atoms with Crippen molar-refractivity contribution in [3.05, 3.63) is 30.0 Å². The van der Waals surface area contributed by atoms with Crippen LogP contribution >= 0.6 is 0 Å². The molecule has 0 spiro atoms. The number of aldehydes is 1. The Hall–Kier alpha value is -2.18. The summed E-state index contributed by atoms with van der Waals surface area (Å²) in [6.07, 6.45) is 2.75. The molecule has 0 unspecified atom stereocenters. The Kier molecular flexibility index (Phi) is 9.18. The third kappa shape index (κ3) is 5.91. The second-order valence-electron chi connectivity index (χ2n) is 6.95. The van der Waals surface area contributed by atoms with Crippen molar-refractivity contribution in [2.45, 2.75) is 40.5 Å². The molecular weight excluding hydrogens is 340 g/mol. The van der Waals surface area contributed by atoms with Crippen molar-refractivity contribution in [2.24, 2.45) is 11.1 Å². The van der Waals surface area contributed by atoms with Gasteiger partial charge in [-0.3, -0.25) is 9.59 Å². The fraction of sp³-hybridized carbons (Fsp3) is 0.524. The van der Waals surface area contributed by atoms with Crippen LogP contribution in [-0.2, 0) is 4.79 Å². The van der Waals surface area contributed by atoms with Crippen LogP contribution in [0.1, 0.15) is 51.0 Å². The van der Waals surface area contributed by atoms with Crippen molar-refractivity contribution in [3.63, 3.8) is 0 Å². The van der Waals surface area contributed by atoms with Gasteiger partial charge in [0, 0.05) is 28.6 Å². The van der Waals surface area contributed by atoms with Gasteiger partial charge in [-0.1, -0.05) is 27.7 Å². The van der Waals surface area contributed by atoms with Crippen molar-refractivity contribution < 1.29 is 9.59 Å². The summed E-state index contributed by atoms with van der Waals surface area (Å²) in [7, 11) is 1.93. The molecule has 3 rings (SSSR count). The van der Waals surface area contributed by atoms with Crippen molar-refractivity contribution in [1.82, 2.24) is 10.3 Å². The summed E-state index contributed by atoms with van der Waals surface area (Å²) in [6.45, 7) is 10.5. The van der Waals surface area contributed by atoms with Crippen LogP contribution in [0.2, 0.25) is 0 Å². The first-order valence-corrected chi connectivity index (χ1v) is 9.67. The van der Waals surface area contributed by atoms with Crippen LogP contribution in [0.25, 0.3) is 10.9 Å². The first kappa shape index (κ1) is 22.9. The lowest BCUT2D eigenvalue weighted by Crippen LogP contribution is -2.30. The minimum absolute atomic E-state index is 0.165. The van der Waals surface area contributed by atoms with E-state index in [0.717, 1.165) is 55.4 Å². The van der Waals surface area contributed by atoms with Crippen LogP contribution in [0.3, 0.4) is 0 Å². The molecular formula is C21H34N4O2. The van der Waals surface area contributed by atoms with Crippen LogP contribution in [-0.4, -0.2) is 43.9 Å². The van der Waals surface area contributed by atoms with Crippen molar-refractivity contribution >= 4 is 28.8 Å². The smallest absolute Gasteiger partial charge is 0.232 e. The molecule has 1 aromatic heterocycles. The molecule has 4 N–H and O–H groups in total. The van der Waals surface area contributed by atoms with E-state index in [9.17, 15) is 9.59 Å². The van der Waals surface area contributed by atoms with Gasteiger partial charge in [-0.05, 0) is 57.2 Å². The monoisotopic (exact) mass is 374 g/mol. The van der Waals surface area contributed by atoms with Crippen LogP contribution in [0, 0.1) is 5.41 Å². The second-order valence-corrected chi connectivity index (χ2v) is 6.95. The maximum Gasteiger partial charge on any atom is 0.232 e. The van der Waals surface area contributed by atoms with E-state index in [0.29, 0.717) is 5.69 Å². The normalized spacial score (nSPS) is 15.0. The van der Waals surface area contributed by atoms with Gasteiger partial charge in [0.25, 0.3) is 0 Å². The predicted molar refractivity (Wildman–Crippen MR) is 113 cm³/mol. The van der Waals surface area contributed by atoms with Gasteiger partial charge >= 0.3 is 0 Å². The second kappa shape index (κ2) is 10.8. The summed E-state index contributed by atoms with van der Waals surface area (Å²) in [5.74, 6) is 0.165. The highest BCUT2D eigenvalue weighted by atomic mass is 16.2. The molecule has 6 heteroatoms. The number of nitrogens with two attached hydrogens (primary N) is 1. The number of carbonyl (C=O) groups excluding carboxylic acids is 2.